The lowest BCUT2D eigenvalue weighted by Crippen LogP contribution is -2.29. The van der Waals surface area contributed by atoms with Crippen molar-refractivity contribution in [2.75, 3.05) is 5.75 Å². The normalized spacial score (nSPS) is 20.0. The Morgan fingerprint density at radius 1 is 1.14 bits per heavy atom. The summed E-state index contributed by atoms with van der Waals surface area (Å²) in [5.41, 5.74) is 1.65. The molecule has 2 aromatic carbocycles. The molecule has 1 unspecified atom stereocenters. The van der Waals surface area contributed by atoms with Crippen molar-refractivity contribution in [3.8, 4) is 0 Å². The van der Waals surface area contributed by atoms with Crippen molar-refractivity contribution in [1.82, 2.24) is 5.32 Å². The van der Waals surface area contributed by atoms with Gasteiger partial charge in [0, 0.05) is 12.6 Å². The third kappa shape index (κ3) is 2.99. The molecule has 2 aromatic rings. The van der Waals surface area contributed by atoms with E-state index in [1.54, 1.807) is 18.2 Å². The molecule has 0 radical (unpaired) electrons. The van der Waals surface area contributed by atoms with E-state index in [-0.39, 0.29) is 17.6 Å². The molecule has 0 aliphatic carbocycles. The molecule has 0 amide bonds. The van der Waals surface area contributed by atoms with Gasteiger partial charge >= 0.3 is 0 Å². The summed E-state index contributed by atoms with van der Waals surface area (Å²) < 4.78 is 37.3. The van der Waals surface area contributed by atoms with Crippen LogP contribution in [0.25, 0.3) is 0 Å². The fourth-order valence-electron chi connectivity index (χ4n) is 2.69. The van der Waals surface area contributed by atoms with E-state index in [2.05, 4.69) is 5.32 Å². The smallest absolute Gasteiger partial charge is 0.178 e. The minimum Gasteiger partial charge on any atom is -0.306 e. The zero-order chi connectivity index (χ0) is 14.9. The Balaban J connectivity index is 1.81. The third-order valence-corrected chi connectivity index (χ3v) is 5.56. The van der Waals surface area contributed by atoms with Gasteiger partial charge in [-0.25, -0.2) is 12.8 Å². The van der Waals surface area contributed by atoms with E-state index in [9.17, 15) is 12.8 Å². The number of rotatable bonds is 3. The molecule has 0 aromatic heterocycles. The fourth-order valence-corrected chi connectivity index (χ4v) is 4.31. The lowest BCUT2D eigenvalue weighted by atomic mass is 10.0. The van der Waals surface area contributed by atoms with Gasteiger partial charge in [0.25, 0.3) is 0 Å². The molecule has 3 rings (SSSR count). The van der Waals surface area contributed by atoms with Crippen LogP contribution >= 0.6 is 0 Å². The molecule has 21 heavy (non-hydrogen) atoms. The second kappa shape index (κ2) is 5.58. The zero-order valence-corrected chi connectivity index (χ0v) is 12.2. The molecule has 0 bridgehead atoms. The van der Waals surface area contributed by atoms with Gasteiger partial charge in [0.05, 0.1) is 10.6 Å². The number of nitrogens with one attached hydrogen (secondary N) is 1. The number of hydrogen-bond acceptors (Lipinski definition) is 3. The molecular weight excluding hydrogens is 289 g/mol. The van der Waals surface area contributed by atoms with Crippen LogP contribution in [0.2, 0.25) is 0 Å². The standard InChI is InChI=1S/C16H16FNO2S/c17-13-5-3-4-12(10-13)11-18-15-8-9-21(19,20)16-7-2-1-6-14(15)16/h1-7,10,15,18H,8-9,11H2. The van der Waals surface area contributed by atoms with Crippen LogP contribution in [-0.2, 0) is 16.4 Å². The lowest BCUT2D eigenvalue weighted by molar-refractivity contribution is 0.490. The molecule has 1 aliphatic heterocycles. The van der Waals surface area contributed by atoms with Gasteiger partial charge in [0.1, 0.15) is 5.82 Å². The number of halogens is 1. The van der Waals surface area contributed by atoms with Crippen molar-refractivity contribution < 1.29 is 12.8 Å². The van der Waals surface area contributed by atoms with Crippen LogP contribution in [0.3, 0.4) is 0 Å². The highest BCUT2D eigenvalue weighted by Crippen LogP contribution is 2.32. The van der Waals surface area contributed by atoms with E-state index in [4.69, 9.17) is 0 Å². The van der Waals surface area contributed by atoms with Gasteiger partial charge in [-0.15, -0.1) is 0 Å². The van der Waals surface area contributed by atoms with Crippen molar-refractivity contribution in [2.24, 2.45) is 0 Å². The van der Waals surface area contributed by atoms with E-state index in [1.807, 2.05) is 18.2 Å². The Morgan fingerprint density at radius 3 is 2.76 bits per heavy atom. The molecule has 1 atom stereocenters. The number of hydrogen-bond donors (Lipinski definition) is 1. The predicted octanol–water partition coefficient (Wildman–Crippen LogP) is 2.83. The molecule has 0 saturated carbocycles. The topological polar surface area (TPSA) is 46.2 Å². The minimum absolute atomic E-state index is 0.0204. The van der Waals surface area contributed by atoms with Gasteiger partial charge < -0.3 is 5.32 Å². The number of fused-ring (bicyclic) bond motifs is 1. The molecule has 3 nitrogen and oxygen atoms in total. The Labute approximate surface area is 123 Å². The Morgan fingerprint density at radius 2 is 1.95 bits per heavy atom. The highest BCUT2D eigenvalue weighted by molar-refractivity contribution is 7.91. The molecule has 5 heteroatoms. The number of benzene rings is 2. The Kier molecular flexibility index (Phi) is 3.78. The van der Waals surface area contributed by atoms with Crippen LogP contribution in [0.1, 0.15) is 23.6 Å². The molecule has 0 saturated heterocycles. The molecule has 0 spiro atoms. The highest BCUT2D eigenvalue weighted by atomic mass is 32.2. The Hall–Kier alpha value is -1.72. The van der Waals surface area contributed by atoms with Gasteiger partial charge in [-0.05, 0) is 35.7 Å². The van der Waals surface area contributed by atoms with Gasteiger partial charge in [-0.3, -0.25) is 0 Å². The van der Waals surface area contributed by atoms with Crippen molar-refractivity contribution in [3.63, 3.8) is 0 Å². The maximum atomic E-state index is 13.2. The van der Waals surface area contributed by atoms with E-state index in [1.165, 1.54) is 12.1 Å². The highest BCUT2D eigenvalue weighted by Gasteiger charge is 2.29. The molecule has 1 aliphatic rings. The van der Waals surface area contributed by atoms with Gasteiger partial charge in [-0.2, -0.15) is 0 Å². The summed E-state index contributed by atoms with van der Waals surface area (Å²) in [7, 11) is -3.16. The summed E-state index contributed by atoms with van der Waals surface area (Å²) in [5, 5.41) is 3.33. The monoisotopic (exact) mass is 305 g/mol. The second-order valence-corrected chi connectivity index (χ2v) is 7.29. The zero-order valence-electron chi connectivity index (χ0n) is 11.4. The van der Waals surface area contributed by atoms with Crippen LogP contribution in [0, 0.1) is 5.82 Å². The summed E-state index contributed by atoms with van der Waals surface area (Å²) in [6, 6.07) is 13.5. The van der Waals surface area contributed by atoms with E-state index >= 15 is 0 Å². The Bertz CT molecular complexity index is 758. The van der Waals surface area contributed by atoms with Gasteiger partial charge in [-0.1, -0.05) is 30.3 Å². The average molecular weight is 305 g/mol. The van der Waals surface area contributed by atoms with Crippen molar-refractivity contribution in [1.29, 1.82) is 0 Å². The van der Waals surface area contributed by atoms with E-state index in [0.29, 0.717) is 17.9 Å². The first-order chi connectivity index (χ1) is 10.1. The van der Waals surface area contributed by atoms with Crippen molar-refractivity contribution >= 4 is 9.84 Å². The first-order valence-electron chi connectivity index (χ1n) is 6.86. The molecular formula is C16H16FNO2S. The lowest BCUT2D eigenvalue weighted by Gasteiger charge is -2.26. The third-order valence-electron chi connectivity index (χ3n) is 3.75. The van der Waals surface area contributed by atoms with Gasteiger partial charge in [0.2, 0.25) is 0 Å². The van der Waals surface area contributed by atoms with E-state index < -0.39 is 9.84 Å². The van der Waals surface area contributed by atoms with E-state index in [0.717, 1.165) is 11.1 Å². The van der Waals surface area contributed by atoms with Crippen LogP contribution in [0.4, 0.5) is 4.39 Å². The molecule has 0 fully saturated rings. The SMILES string of the molecule is O=S1(=O)CCC(NCc2cccc(F)c2)c2ccccc21. The largest absolute Gasteiger partial charge is 0.306 e. The summed E-state index contributed by atoms with van der Waals surface area (Å²) in [6.07, 6.45) is 0.536. The summed E-state index contributed by atoms with van der Waals surface area (Å²) in [6.45, 7) is 0.511. The van der Waals surface area contributed by atoms with Crippen molar-refractivity contribution in [2.45, 2.75) is 23.9 Å². The average Bonchev–Trinajstić information content (AvgIpc) is 2.47. The molecule has 1 heterocycles. The maximum Gasteiger partial charge on any atom is 0.178 e. The van der Waals surface area contributed by atoms with Crippen LogP contribution < -0.4 is 5.32 Å². The van der Waals surface area contributed by atoms with Crippen molar-refractivity contribution in [3.05, 3.63) is 65.5 Å². The van der Waals surface area contributed by atoms with Crippen LogP contribution in [-0.4, -0.2) is 14.2 Å². The molecule has 110 valence electrons. The minimum atomic E-state index is -3.16. The summed E-state index contributed by atoms with van der Waals surface area (Å²) in [5.74, 6) is -0.119. The quantitative estimate of drug-likeness (QED) is 0.948. The summed E-state index contributed by atoms with van der Waals surface area (Å²) in [4.78, 5) is 0.410. The summed E-state index contributed by atoms with van der Waals surface area (Å²) >= 11 is 0. The van der Waals surface area contributed by atoms with Crippen LogP contribution in [0.5, 0.6) is 0 Å². The second-order valence-electron chi connectivity index (χ2n) is 5.21. The maximum absolute atomic E-state index is 13.2. The fraction of sp³-hybridized carbons (Fsp3) is 0.250. The van der Waals surface area contributed by atoms with Crippen LogP contribution in [0.15, 0.2) is 53.4 Å². The first-order valence-corrected chi connectivity index (χ1v) is 8.51. The van der Waals surface area contributed by atoms with Gasteiger partial charge in [0.15, 0.2) is 9.84 Å². The molecule has 1 N–H and O–H groups in total. The first kappa shape index (κ1) is 14.2. The number of sulfone groups is 1. The predicted molar refractivity (Wildman–Crippen MR) is 79.1 cm³/mol.